The van der Waals surface area contributed by atoms with Gasteiger partial charge in [0.2, 0.25) is 0 Å². The number of urea groups is 1. The predicted octanol–water partition coefficient (Wildman–Crippen LogP) is -0.0753. The van der Waals surface area contributed by atoms with Crippen molar-refractivity contribution in [3.63, 3.8) is 0 Å². The number of nitrogens with one attached hydrogen (secondary N) is 2. The fourth-order valence-corrected chi connectivity index (χ4v) is 3.38. The third kappa shape index (κ3) is 2.44. The number of aromatic nitrogens is 3. The quantitative estimate of drug-likeness (QED) is 0.713. The Morgan fingerprint density at radius 3 is 3.00 bits per heavy atom. The fourth-order valence-electron chi connectivity index (χ4n) is 3.38. The number of aliphatic carboxylic acids is 1. The standard InChI is InChI=1S/C14H19N5O4/c20-12(21)14-6-19(4-9(14)5-23-7-14)13(22)15-3-10-16-11(18-17-10)8-1-2-8/h8-9H,1-7H2,(H,15,22)(H,20,21)(H,16,17,18)/t9-,14-/m1/s1. The maximum Gasteiger partial charge on any atom is 0.317 e. The number of hydrogen-bond donors (Lipinski definition) is 3. The van der Waals surface area contributed by atoms with Crippen LogP contribution in [0.5, 0.6) is 0 Å². The summed E-state index contributed by atoms with van der Waals surface area (Å²) < 4.78 is 5.30. The number of nitrogens with zero attached hydrogens (tertiary/aromatic N) is 3. The van der Waals surface area contributed by atoms with Crippen molar-refractivity contribution >= 4 is 12.0 Å². The van der Waals surface area contributed by atoms with Gasteiger partial charge in [-0.25, -0.2) is 9.78 Å². The van der Waals surface area contributed by atoms with Gasteiger partial charge in [0.15, 0.2) is 5.82 Å². The topological polar surface area (TPSA) is 120 Å². The van der Waals surface area contributed by atoms with Crippen LogP contribution in [0.25, 0.3) is 0 Å². The summed E-state index contributed by atoms with van der Waals surface area (Å²) >= 11 is 0. The molecule has 0 unspecified atom stereocenters. The van der Waals surface area contributed by atoms with Gasteiger partial charge >= 0.3 is 12.0 Å². The third-order valence-corrected chi connectivity index (χ3v) is 4.99. The summed E-state index contributed by atoms with van der Waals surface area (Å²) in [7, 11) is 0. The smallest absolute Gasteiger partial charge is 0.317 e. The Morgan fingerprint density at radius 1 is 1.48 bits per heavy atom. The second-order valence-corrected chi connectivity index (χ2v) is 6.63. The Labute approximate surface area is 132 Å². The second kappa shape index (κ2) is 5.19. The summed E-state index contributed by atoms with van der Waals surface area (Å²) in [5.41, 5.74) is -0.956. The minimum Gasteiger partial charge on any atom is -0.481 e. The lowest BCUT2D eigenvalue weighted by molar-refractivity contribution is -0.149. The number of likely N-dealkylation sites (tertiary alicyclic amines) is 1. The van der Waals surface area contributed by atoms with Gasteiger partial charge < -0.3 is 20.1 Å². The molecule has 4 rings (SSSR count). The Hall–Kier alpha value is -2.16. The van der Waals surface area contributed by atoms with Crippen molar-refractivity contribution in [3.8, 4) is 0 Å². The van der Waals surface area contributed by atoms with Crippen LogP contribution in [0, 0.1) is 11.3 Å². The van der Waals surface area contributed by atoms with Crippen LogP contribution in [-0.4, -0.2) is 63.5 Å². The highest BCUT2D eigenvalue weighted by Crippen LogP contribution is 2.41. The highest BCUT2D eigenvalue weighted by Gasteiger charge is 2.57. The lowest BCUT2D eigenvalue weighted by Crippen LogP contribution is -2.43. The number of hydrogen-bond acceptors (Lipinski definition) is 5. The maximum absolute atomic E-state index is 12.3. The van der Waals surface area contributed by atoms with Gasteiger partial charge in [0.05, 0.1) is 19.8 Å². The number of aromatic amines is 1. The van der Waals surface area contributed by atoms with Crippen molar-refractivity contribution in [3.05, 3.63) is 11.6 Å². The molecule has 9 nitrogen and oxygen atoms in total. The Morgan fingerprint density at radius 2 is 2.30 bits per heavy atom. The molecule has 9 heteroatoms. The molecule has 0 radical (unpaired) electrons. The molecule has 0 aromatic carbocycles. The number of fused-ring (bicyclic) bond motifs is 1. The molecule has 1 saturated carbocycles. The summed E-state index contributed by atoms with van der Waals surface area (Å²) in [5, 5.41) is 19.2. The zero-order chi connectivity index (χ0) is 16.0. The van der Waals surface area contributed by atoms with Gasteiger partial charge in [0, 0.05) is 24.9 Å². The molecule has 3 fully saturated rings. The Bertz CT molecular complexity index is 643. The van der Waals surface area contributed by atoms with E-state index in [0.29, 0.717) is 24.9 Å². The number of ether oxygens (including phenoxy) is 1. The summed E-state index contributed by atoms with van der Waals surface area (Å²) in [4.78, 5) is 29.8. The van der Waals surface area contributed by atoms with E-state index in [0.717, 1.165) is 18.7 Å². The maximum atomic E-state index is 12.3. The number of amides is 2. The first-order chi connectivity index (χ1) is 11.1. The molecule has 2 aliphatic heterocycles. The number of carbonyl (C=O) groups is 2. The van der Waals surface area contributed by atoms with Crippen molar-refractivity contribution in [1.29, 1.82) is 0 Å². The molecule has 2 saturated heterocycles. The van der Waals surface area contributed by atoms with E-state index in [1.807, 2.05) is 0 Å². The van der Waals surface area contributed by atoms with E-state index in [4.69, 9.17) is 4.74 Å². The van der Waals surface area contributed by atoms with E-state index < -0.39 is 11.4 Å². The van der Waals surface area contributed by atoms with E-state index >= 15 is 0 Å². The van der Waals surface area contributed by atoms with E-state index in [1.165, 1.54) is 0 Å². The first kappa shape index (κ1) is 14.4. The molecular weight excluding hydrogens is 302 g/mol. The minimum absolute atomic E-state index is 0.141. The van der Waals surface area contributed by atoms with Crippen LogP contribution in [0.15, 0.2) is 0 Å². The molecule has 2 amide bonds. The summed E-state index contributed by atoms with van der Waals surface area (Å²) in [6, 6.07) is -0.274. The largest absolute Gasteiger partial charge is 0.481 e. The average molecular weight is 321 g/mol. The molecule has 3 heterocycles. The fraction of sp³-hybridized carbons (Fsp3) is 0.714. The van der Waals surface area contributed by atoms with Crippen LogP contribution < -0.4 is 5.32 Å². The number of rotatable bonds is 4. The van der Waals surface area contributed by atoms with E-state index in [2.05, 4.69) is 20.5 Å². The van der Waals surface area contributed by atoms with Crippen molar-refractivity contribution in [1.82, 2.24) is 25.4 Å². The third-order valence-electron chi connectivity index (χ3n) is 4.99. The number of H-pyrrole nitrogens is 1. The van der Waals surface area contributed by atoms with E-state index in [-0.39, 0.29) is 31.6 Å². The zero-order valence-corrected chi connectivity index (χ0v) is 12.6. The lowest BCUT2D eigenvalue weighted by atomic mass is 9.81. The van der Waals surface area contributed by atoms with Crippen molar-refractivity contribution in [2.24, 2.45) is 11.3 Å². The monoisotopic (exact) mass is 321 g/mol. The normalized spacial score (nSPS) is 29.6. The van der Waals surface area contributed by atoms with Gasteiger partial charge in [0.25, 0.3) is 0 Å². The van der Waals surface area contributed by atoms with Crippen LogP contribution in [0.1, 0.15) is 30.4 Å². The zero-order valence-electron chi connectivity index (χ0n) is 12.6. The molecular formula is C14H19N5O4. The van der Waals surface area contributed by atoms with E-state index in [1.54, 1.807) is 4.90 Å². The van der Waals surface area contributed by atoms with Gasteiger partial charge in [-0.05, 0) is 12.8 Å². The van der Waals surface area contributed by atoms with Crippen molar-refractivity contribution in [2.45, 2.75) is 25.3 Å². The molecule has 3 aliphatic rings. The molecule has 124 valence electrons. The highest BCUT2D eigenvalue weighted by molar-refractivity contribution is 5.80. The first-order valence-electron chi connectivity index (χ1n) is 7.83. The molecule has 3 N–H and O–H groups in total. The average Bonchev–Trinajstić information content (AvgIpc) is 2.97. The minimum atomic E-state index is -0.956. The predicted molar refractivity (Wildman–Crippen MR) is 76.5 cm³/mol. The molecule has 23 heavy (non-hydrogen) atoms. The van der Waals surface area contributed by atoms with Crippen LogP contribution in [0.2, 0.25) is 0 Å². The van der Waals surface area contributed by atoms with Crippen molar-refractivity contribution < 1.29 is 19.4 Å². The second-order valence-electron chi connectivity index (χ2n) is 6.63. The Kier molecular flexibility index (Phi) is 3.26. The highest BCUT2D eigenvalue weighted by atomic mass is 16.5. The van der Waals surface area contributed by atoms with Gasteiger partial charge in [-0.15, -0.1) is 0 Å². The van der Waals surface area contributed by atoms with Crippen LogP contribution in [0.3, 0.4) is 0 Å². The number of carboxylic acid groups (broad SMARTS) is 1. The molecule has 1 aromatic rings. The van der Waals surface area contributed by atoms with Gasteiger partial charge in [-0.2, -0.15) is 5.10 Å². The van der Waals surface area contributed by atoms with Crippen LogP contribution in [-0.2, 0) is 16.1 Å². The first-order valence-corrected chi connectivity index (χ1v) is 7.83. The summed E-state index contributed by atoms with van der Waals surface area (Å²) in [6.45, 7) is 1.41. The molecule has 2 atom stereocenters. The van der Waals surface area contributed by atoms with Crippen molar-refractivity contribution in [2.75, 3.05) is 26.3 Å². The van der Waals surface area contributed by atoms with Crippen LogP contribution >= 0.6 is 0 Å². The Balaban J connectivity index is 1.35. The van der Waals surface area contributed by atoms with Crippen LogP contribution in [0.4, 0.5) is 4.79 Å². The molecule has 1 aliphatic carbocycles. The van der Waals surface area contributed by atoms with Gasteiger partial charge in [-0.1, -0.05) is 0 Å². The summed E-state index contributed by atoms with van der Waals surface area (Å²) in [6.07, 6.45) is 2.25. The molecule has 0 spiro atoms. The molecule has 0 bridgehead atoms. The lowest BCUT2D eigenvalue weighted by Gasteiger charge is -2.22. The number of carboxylic acids is 1. The van der Waals surface area contributed by atoms with Gasteiger partial charge in [0.1, 0.15) is 11.2 Å². The summed E-state index contributed by atoms with van der Waals surface area (Å²) in [5.74, 6) is 0.865. The SMILES string of the molecule is O=C(NCc1nc(C2CC2)n[nH]1)N1C[C@@H]2COC[C@]2(C(=O)O)C1. The molecule has 1 aromatic heterocycles. The number of carbonyl (C=O) groups excluding carboxylic acids is 1. The van der Waals surface area contributed by atoms with E-state index in [9.17, 15) is 14.7 Å². The van der Waals surface area contributed by atoms with Gasteiger partial charge in [-0.3, -0.25) is 9.89 Å².